The Kier molecular flexibility index (Phi) is 3.93. The van der Waals surface area contributed by atoms with Gasteiger partial charge in [0.25, 0.3) is 0 Å². The van der Waals surface area contributed by atoms with Crippen LogP contribution in [-0.2, 0) is 6.61 Å². The van der Waals surface area contributed by atoms with Gasteiger partial charge in [-0.15, -0.1) is 0 Å². The third kappa shape index (κ3) is 3.27. The molecule has 18 heavy (non-hydrogen) atoms. The Bertz CT molecular complexity index is 553. The molecule has 0 spiro atoms. The summed E-state index contributed by atoms with van der Waals surface area (Å²) in [4.78, 5) is 0. The Labute approximate surface area is 111 Å². The molecule has 0 aliphatic heterocycles. The molecule has 0 saturated carbocycles. The molecule has 0 heterocycles. The van der Waals surface area contributed by atoms with Crippen LogP contribution in [0.3, 0.4) is 0 Å². The normalized spacial score (nSPS) is 10.4. The molecular weight excluding hydrogens is 306 g/mol. The molecule has 0 radical (unpaired) electrons. The van der Waals surface area contributed by atoms with Gasteiger partial charge in [0.15, 0.2) is 0 Å². The van der Waals surface area contributed by atoms with Gasteiger partial charge in [-0.3, -0.25) is 0 Å². The Balaban J connectivity index is 2.30. The molecule has 0 bridgehead atoms. The molecule has 0 fully saturated rings. The van der Waals surface area contributed by atoms with Crippen LogP contribution >= 0.6 is 15.9 Å². The Morgan fingerprint density at radius 2 is 1.56 bits per heavy atom. The Hall–Kier alpha value is -1.46. The summed E-state index contributed by atoms with van der Waals surface area (Å²) in [5.41, 5.74) is 0.389. The van der Waals surface area contributed by atoms with E-state index in [0.717, 1.165) is 6.07 Å². The van der Waals surface area contributed by atoms with E-state index in [0.29, 0.717) is 10.0 Å². The number of rotatable bonds is 3. The first-order valence-electron chi connectivity index (χ1n) is 5.11. The summed E-state index contributed by atoms with van der Waals surface area (Å²) >= 11 is 3.13. The summed E-state index contributed by atoms with van der Waals surface area (Å²) in [5, 5.41) is 8.95. The van der Waals surface area contributed by atoms with Crippen LogP contribution < -0.4 is 4.74 Å². The Morgan fingerprint density at radius 3 is 2.17 bits per heavy atom. The zero-order valence-electron chi connectivity index (χ0n) is 9.16. The third-order valence-corrected chi connectivity index (χ3v) is 2.64. The van der Waals surface area contributed by atoms with Crippen LogP contribution in [0.5, 0.6) is 11.5 Å². The minimum atomic E-state index is -0.521. The van der Waals surface area contributed by atoms with E-state index < -0.39 is 11.6 Å². The first-order valence-corrected chi connectivity index (χ1v) is 5.90. The molecule has 0 atom stereocenters. The van der Waals surface area contributed by atoms with Crippen molar-refractivity contribution in [2.75, 3.05) is 0 Å². The summed E-state index contributed by atoms with van der Waals surface area (Å²) in [5.74, 6) is -0.530. The minimum Gasteiger partial charge on any atom is -0.457 e. The van der Waals surface area contributed by atoms with Gasteiger partial charge in [-0.25, -0.2) is 8.78 Å². The highest BCUT2D eigenvalue weighted by Gasteiger charge is 2.05. The Morgan fingerprint density at radius 1 is 0.944 bits per heavy atom. The molecule has 94 valence electrons. The van der Waals surface area contributed by atoms with E-state index in [2.05, 4.69) is 15.9 Å². The van der Waals surface area contributed by atoms with E-state index in [9.17, 15) is 8.78 Å². The summed E-state index contributed by atoms with van der Waals surface area (Å²) in [6.45, 7) is -0.291. The number of aliphatic hydroxyl groups excluding tert-OH is 1. The third-order valence-electron chi connectivity index (χ3n) is 2.19. The quantitative estimate of drug-likeness (QED) is 0.927. The zero-order chi connectivity index (χ0) is 13.1. The zero-order valence-corrected chi connectivity index (χ0v) is 10.7. The lowest BCUT2D eigenvalue weighted by molar-refractivity contribution is 0.280. The molecule has 5 heteroatoms. The van der Waals surface area contributed by atoms with Crippen molar-refractivity contribution in [1.29, 1.82) is 0 Å². The second-order valence-electron chi connectivity index (χ2n) is 3.66. The van der Waals surface area contributed by atoms with E-state index in [-0.39, 0.29) is 18.1 Å². The van der Waals surface area contributed by atoms with Gasteiger partial charge in [0.1, 0.15) is 23.1 Å². The molecule has 0 aromatic heterocycles. The van der Waals surface area contributed by atoms with Crippen molar-refractivity contribution in [3.05, 3.63) is 58.1 Å². The van der Waals surface area contributed by atoms with Crippen molar-refractivity contribution in [2.24, 2.45) is 0 Å². The highest BCUT2D eigenvalue weighted by molar-refractivity contribution is 9.10. The number of halogens is 3. The molecule has 0 amide bonds. The van der Waals surface area contributed by atoms with Crippen molar-refractivity contribution in [3.8, 4) is 11.5 Å². The molecule has 0 saturated heterocycles. The number of hydrogen-bond acceptors (Lipinski definition) is 2. The van der Waals surface area contributed by atoms with Crippen LogP contribution in [0, 0.1) is 11.6 Å². The summed E-state index contributed by atoms with van der Waals surface area (Å²) in [7, 11) is 0. The average Bonchev–Trinajstić information content (AvgIpc) is 2.26. The SMILES string of the molecule is OCc1cc(F)cc(Oc2cc(F)cc(Br)c2)c1. The van der Waals surface area contributed by atoms with Gasteiger partial charge in [-0.2, -0.15) is 0 Å². The second-order valence-corrected chi connectivity index (χ2v) is 4.58. The lowest BCUT2D eigenvalue weighted by Crippen LogP contribution is -1.90. The predicted octanol–water partition coefficient (Wildman–Crippen LogP) is 4.01. The number of ether oxygens (including phenoxy) is 1. The van der Waals surface area contributed by atoms with Crippen molar-refractivity contribution in [2.45, 2.75) is 6.61 Å². The molecule has 0 unspecified atom stereocenters. The van der Waals surface area contributed by atoms with E-state index >= 15 is 0 Å². The van der Waals surface area contributed by atoms with Gasteiger partial charge in [-0.05, 0) is 29.8 Å². The maximum Gasteiger partial charge on any atom is 0.131 e. The van der Waals surface area contributed by atoms with Crippen molar-refractivity contribution < 1.29 is 18.6 Å². The fourth-order valence-corrected chi connectivity index (χ4v) is 1.94. The van der Waals surface area contributed by atoms with Gasteiger partial charge in [-0.1, -0.05) is 15.9 Å². The molecule has 1 N–H and O–H groups in total. The van der Waals surface area contributed by atoms with Crippen LogP contribution in [-0.4, -0.2) is 5.11 Å². The fraction of sp³-hybridized carbons (Fsp3) is 0.0769. The maximum atomic E-state index is 13.2. The minimum absolute atomic E-state index is 0.205. The summed E-state index contributed by atoms with van der Waals surface area (Å²) in [6.07, 6.45) is 0. The van der Waals surface area contributed by atoms with E-state index in [4.69, 9.17) is 9.84 Å². The molecule has 2 aromatic carbocycles. The second kappa shape index (κ2) is 5.46. The van der Waals surface area contributed by atoms with Crippen LogP contribution in [0.1, 0.15) is 5.56 Å². The van der Waals surface area contributed by atoms with Crippen LogP contribution in [0.15, 0.2) is 40.9 Å². The molecule has 2 nitrogen and oxygen atoms in total. The lowest BCUT2D eigenvalue weighted by Gasteiger charge is -2.08. The lowest BCUT2D eigenvalue weighted by atomic mass is 10.2. The van der Waals surface area contributed by atoms with E-state index in [1.54, 1.807) is 6.07 Å². The van der Waals surface area contributed by atoms with Gasteiger partial charge < -0.3 is 9.84 Å². The predicted molar refractivity (Wildman–Crippen MR) is 66.5 cm³/mol. The first-order chi connectivity index (χ1) is 8.56. The summed E-state index contributed by atoms with van der Waals surface area (Å²) in [6, 6.07) is 7.90. The van der Waals surface area contributed by atoms with Crippen LogP contribution in [0.4, 0.5) is 8.78 Å². The van der Waals surface area contributed by atoms with Crippen LogP contribution in [0.2, 0.25) is 0 Å². The first kappa shape index (κ1) is 13.0. The van der Waals surface area contributed by atoms with Gasteiger partial charge in [0.2, 0.25) is 0 Å². The summed E-state index contributed by atoms with van der Waals surface area (Å²) < 4.78 is 32.2. The van der Waals surface area contributed by atoms with Gasteiger partial charge >= 0.3 is 0 Å². The van der Waals surface area contributed by atoms with Crippen LogP contribution in [0.25, 0.3) is 0 Å². The molecule has 0 aliphatic carbocycles. The van der Waals surface area contributed by atoms with Gasteiger partial charge in [0.05, 0.1) is 6.61 Å². The topological polar surface area (TPSA) is 29.5 Å². The maximum absolute atomic E-state index is 13.2. The molecule has 2 aromatic rings. The highest BCUT2D eigenvalue weighted by atomic mass is 79.9. The van der Waals surface area contributed by atoms with Crippen molar-refractivity contribution in [3.63, 3.8) is 0 Å². The fourth-order valence-electron chi connectivity index (χ4n) is 1.49. The highest BCUT2D eigenvalue weighted by Crippen LogP contribution is 2.27. The van der Waals surface area contributed by atoms with Gasteiger partial charge in [0, 0.05) is 16.6 Å². The smallest absolute Gasteiger partial charge is 0.131 e. The number of hydrogen-bond donors (Lipinski definition) is 1. The number of benzene rings is 2. The standard InChI is InChI=1S/C13H9BrF2O2/c14-9-3-11(16)6-13(4-9)18-12-2-8(7-17)1-10(15)5-12/h1-6,17H,7H2. The molecule has 0 aliphatic rings. The van der Waals surface area contributed by atoms with Crippen molar-refractivity contribution >= 4 is 15.9 Å². The monoisotopic (exact) mass is 314 g/mol. The van der Waals surface area contributed by atoms with Crippen molar-refractivity contribution in [1.82, 2.24) is 0 Å². The average molecular weight is 315 g/mol. The molecule has 2 rings (SSSR count). The molecular formula is C13H9BrF2O2. The largest absolute Gasteiger partial charge is 0.457 e. The van der Waals surface area contributed by atoms with E-state index in [1.165, 1.54) is 24.3 Å². The van der Waals surface area contributed by atoms with E-state index in [1.807, 2.05) is 0 Å². The number of aliphatic hydroxyl groups is 1.